The molecule has 0 aliphatic heterocycles. The second kappa shape index (κ2) is 4.59. The van der Waals surface area contributed by atoms with Gasteiger partial charge in [-0.25, -0.2) is 13.6 Å². The zero-order valence-electron chi connectivity index (χ0n) is 10.8. The number of hydrogen-bond acceptors (Lipinski definition) is 1. The fourth-order valence-corrected chi connectivity index (χ4v) is 2.34. The van der Waals surface area contributed by atoms with Crippen LogP contribution in [-0.2, 0) is 13.6 Å². The maximum Gasteiger partial charge on any atom is 0.329 e. The molecule has 0 N–H and O–H groups in total. The Bertz CT molecular complexity index is 849. The Hall–Kier alpha value is -2.43. The van der Waals surface area contributed by atoms with E-state index in [2.05, 4.69) is 0 Å². The fraction of sp³-hybridized carbons (Fsp3) is 0.133. The number of hydrogen-bond donors (Lipinski definition) is 0. The summed E-state index contributed by atoms with van der Waals surface area (Å²) in [6.45, 7) is 0.0757. The quantitative estimate of drug-likeness (QED) is 0.705. The Kier molecular flexibility index (Phi) is 2.89. The van der Waals surface area contributed by atoms with E-state index in [1.807, 2.05) is 18.2 Å². The molecule has 0 spiro atoms. The van der Waals surface area contributed by atoms with Crippen molar-refractivity contribution in [3.05, 3.63) is 70.1 Å². The molecule has 1 heterocycles. The standard InChI is InChI=1S/C15H12F2N2O/c1-18-13-4-2-3-5-14(13)19(15(18)20)9-10-6-7-11(16)8-12(10)17/h2-8H,9H2,1H3. The van der Waals surface area contributed by atoms with Crippen molar-refractivity contribution in [3.63, 3.8) is 0 Å². The van der Waals surface area contributed by atoms with Crippen LogP contribution in [0.5, 0.6) is 0 Å². The number of nitrogens with zero attached hydrogens (tertiary/aromatic N) is 2. The van der Waals surface area contributed by atoms with Crippen molar-refractivity contribution in [2.75, 3.05) is 0 Å². The van der Waals surface area contributed by atoms with Gasteiger partial charge in [-0.05, 0) is 18.2 Å². The monoisotopic (exact) mass is 274 g/mol. The van der Waals surface area contributed by atoms with Crippen LogP contribution in [-0.4, -0.2) is 9.13 Å². The maximum absolute atomic E-state index is 13.7. The van der Waals surface area contributed by atoms with E-state index < -0.39 is 11.6 Å². The van der Waals surface area contributed by atoms with Gasteiger partial charge in [-0.1, -0.05) is 18.2 Å². The third kappa shape index (κ3) is 1.91. The molecule has 3 rings (SSSR count). The number of benzene rings is 2. The molecule has 0 atom stereocenters. The Morgan fingerprint density at radius 3 is 2.45 bits per heavy atom. The summed E-state index contributed by atoms with van der Waals surface area (Å²) in [6.07, 6.45) is 0. The number of aryl methyl sites for hydroxylation is 1. The molecule has 102 valence electrons. The summed E-state index contributed by atoms with van der Waals surface area (Å²) in [6, 6.07) is 10.7. The zero-order chi connectivity index (χ0) is 14.3. The van der Waals surface area contributed by atoms with Gasteiger partial charge in [0, 0.05) is 18.7 Å². The summed E-state index contributed by atoms with van der Waals surface area (Å²) >= 11 is 0. The first-order valence-corrected chi connectivity index (χ1v) is 6.16. The van der Waals surface area contributed by atoms with Crippen LogP contribution in [0.15, 0.2) is 47.3 Å². The van der Waals surface area contributed by atoms with Crippen molar-refractivity contribution in [2.45, 2.75) is 6.54 Å². The molecule has 0 unspecified atom stereocenters. The summed E-state index contributed by atoms with van der Waals surface area (Å²) < 4.78 is 29.6. The third-order valence-corrected chi connectivity index (χ3v) is 3.40. The first kappa shape index (κ1) is 12.6. The highest BCUT2D eigenvalue weighted by atomic mass is 19.1. The summed E-state index contributed by atoms with van der Waals surface area (Å²) in [5.41, 5.74) is 1.56. The lowest BCUT2D eigenvalue weighted by Crippen LogP contribution is -2.23. The molecular formula is C15H12F2N2O. The van der Waals surface area contributed by atoms with E-state index in [4.69, 9.17) is 0 Å². The molecule has 0 amide bonds. The number of imidazole rings is 1. The average Bonchev–Trinajstić information content (AvgIpc) is 2.67. The second-order valence-corrected chi connectivity index (χ2v) is 4.65. The van der Waals surface area contributed by atoms with E-state index in [9.17, 15) is 13.6 Å². The van der Waals surface area contributed by atoms with Crippen LogP contribution in [0.2, 0.25) is 0 Å². The summed E-state index contributed by atoms with van der Waals surface area (Å²) in [5, 5.41) is 0. The van der Waals surface area contributed by atoms with Crippen molar-refractivity contribution in [1.29, 1.82) is 0 Å². The Labute approximate surface area is 113 Å². The Morgan fingerprint density at radius 1 is 1.05 bits per heavy atom. The number of rotatable bonds is 2. The van der Waals surface area contributed by atoms with E-state index >= 15 is 0 Å². The van der Waals surface area contributed by atoms with Gasteiger partial charge in [0.1, 0.15) is 11.6 Å². The smallest absolute Gasteiger partial charge is 0.295 e. The van der Waals surface area contributed by atoms with Crippen LogP contribution in [0.1, 0.15) is 5.56 Å². The lowest BCUT2D eigenvalue weighted by molar-refractivity contribution is 0.565. The molecule has 3 nitrogen and oxygen atoms in total. The Morgan fingerprint density at radius 2 is 1.75 bits per heavy atom. The summed E-state index contributed by atoms with van der Waals surface area (Å²) in [5.74, 6) is -1.28. The van der Waals surface area contributed by atoms with E-state index in [-0.39, 0.29) is 17.8 Å². The van der Waals surface area contributed by atoms with Crippen LogP contribution < -0.4 is 5.69 Å². The van der Waals surface area contributed by atoms with Gasteiger partial charge in [0.05, 0.1) is 17.6 Å². The van der Waals surface area contributed by atoms with Crippen molar-refractivity contribution in [3.8, 4) is 0 Å². The van der Waals surface area contributed by atoms with Crippen LogP contribution in [0.4, 0.5) is 8.78 Å². The predicted molar refractivity (Wildman–Crippen MR) is 72.6 cm³/mol. The molecule has 3 aromatic rings. The van der Waals surface area contributed by atoms with Gasteiger partial charge in [-0.15, -0.1) is 0 Å². The minimum atomic E-state index is -0.648. The lowest BCUT2D eigenvalue weighted by Gasteiger charge is -2.05. The van der Waals surface area contributed by atoms with E-state index in [1.54, 1.807) is 13.1 Å². The van der Waals surface area contributed by atoms with Gasteiger partial charge < -0.3 is 0 Å². The van der Waals surface area contributed by atoms with E-state index in [0.717, 1.165) is 17.1 Å². The highest BCUT2D eigenvalue weighted by Crippen LogP contribution is 2.15. The molecular weight excluding hydrogens is 262 g/mol. The highest BCUT2D eigenvalue weighted by Gasteiger charge is 2.12. The SMILES string of the molecule is Cn1c(=O)n(Cc2ccc(F)cc2F)c2ccccc21. The van der Waals surface area contributed by atoms with Gasteiger partial charge in [0.15, 0.2) is 0 Å². The second-order valence-electron chi connectivity index (χ2n) is 4.65. The van der Waals surface area contributed by atoms with Crippen LogP contribution in [0.3, 0.4) is 0 Å². The zero-order valence-corrected chi connectivity index (χ0v) is 10.8. The number of aromatic nitrogens is 2. The molecule has 0 saturated heterocycles. The number of para-hydroxylation sites is 2. The van der Waals surface area contributed by atoms with Crippen LogP contribution >= 0.6 is 0 Å². The lowest BCUT2D eigenvalue weighted by atomic mass is 10.2. The van der Waals surface area contributed by atoms with Crippen molar-refractivity contribution in [1.82, 2.24) is 9.13 Å². The molecule has 0 aliphatic carbocycles. The van der Waals surface area contributed by atoms with Gasteiger partial charge in [-0.3, -0.25) is 9.13 Å². The largest absolute Gasteiger partial charge is 0.329 e. The number of halogens is 2. The molecule has 0 radical (unpaired) electrons. The normalized spacial score (nSPS) is 11.2. The first-order valence-electron chi connectivity index (χ1n) is 6.16. The molecule has 0 aliphatic rings. The van der Waals surface area contributed by atoms with Gasteiger partial charge in [0.25, 0.3) is 0 Å². The fourth-order valence-electron chi connectivity index (χ4n) is 2.34. The molecule has 2 aromatic carbocycles. The number of fused-ring (bicyclic) bond motifs is 1. The van der Waals surface area contributed by atoms with E-state index in [1.165, 1.54) is 21.3 Å². The van der Waals surface area contributed by atoms with Gasteiger partial charge in [-0.2, -0.15) is 0 Å². The predicted octanol–water partition coefficient (Wildman–Crippen LogP) is 2.67. The molecule has 0 bridgehead atoms. The van der Waals surface area contributed by atoms with Crippen molar-refractivity contribution >= 4 is 11.0 Å². The van der Waals surface area contributed by atoms with Gasteiger partial charge >= 0.3 is 5.69 Å². The molecule has 5 heteroatoms. The third-order valence-electron chi connectivity index (χ3n) is 3.40. The van der Waals surface area contributed by atoms with Gasteiger partial charge in [0.2, 0.25) is 0 Å². The highest BCUT2D eigenvalue weighted by molar-refractivity contribution is 5.75. The topological polar surface area (TPSA) is 26.9 Å². The molecule has 1 aromatic heterocycles. The average molecular weight is 274 g/mol. The molecule has 0 saturated carbocycles. The summed E-state index contributed by atoms with van der Waals surface area (Å²) in [4.78, 5) is 12.2. The molecule has 0 fully saturated rings. The minimum absolute atomic E-state index is 0.0757. The summed E-state index contributed by atoms with van der Waals surface area (Å²) in [7, 11) is 1.67. The molecule has 20 heavy (non-hydrogen) atoms. The van der Waals surface area contributed by atoms with Crippen LogP contribution in [0, 0.1) is 11.6 Å². The van der Waals surface area contributed by atoms with Crippen molar-refractivity contribution < 1.29 is 8.78 Å². The van der Waals surface area contributed by atoms with E-state index in [0.29, 0.717) is 0 Å². The minimum Gasteiger partial charge on any atom is -0.295 e. The maximum atomic E-state index is 13.7. The van der Waals surface area contributed by atoms with Crippen molar-refractivity contribution in [2.24, 2.45) is 7.05 Å². The Balaban J connectivity index is 2.16. The first-order chi connectivity index (χ1) is 9.58. The van der Waals surface area contributed by atoms with Crippen LogP contribution in [0.25, 0.3) is 11.0 Å².